The van der Waals surface area contributed by atoms with Crippen LogP contribution in [0.1, 0.15) is 108 Å². The lowest BCUT2D eigenvalue weighted by Crippen LogP contribution is -2.46. The predicted molar refractivity (Wildman–Crippen MR) is 154 cm³/mol. The lowest BCUT2D eigenvalue weighted by atomic mass is 9.80. The minimum Gasteiger partial charge on any atom is -0.481 e. The fourth-order valence-corrected chi connectivity index (χ4v) is 7.93. The van der Waals surface area contributed by atoms with E-state index >= 15 is 0 Å². The molecule has 2 fully saturated rings. The van der Waals surface area contributed by atoms with Crippen molar-refractivity contribution in [3.63, 3.8) is 0 Å². The number of sulfonamides is 1. The molecule has 0 unspecified atom stereocenters. The molecule has 0 aromatic carbocycles. The lowest BCUT2D eigenvalue weighted by Gasteiger charge is -2.32. The topological polar surface area (TPSA) is 151 Å². The summed E-state index contributed by atoms with van der Waals surface area (Å²) >= 11 is 1.21. The molecule has 12 heteroatoms. The molecule has 220 valence electrons. The Morgan fingerprint density at radius 1 is 1.05 bits per heavy atom. The van der Waals surface area contributed by atoms with Crippen LogP contribution in [-0.2, 0) is 26.7 Å². The molecule has 2 aromatic rings. The zero-order valence-electron chi connectivity index (χ0n) is 24.2. The summed E-state index contributed by atoms with van der Waals surface area (Å²) in [5.74, 6) is -0.792. The first kappa shape index (κ1) is 30.5. The second-order valence-corrected chi connectivity index (χ2v) is 15.8. The Morgan fingerprint density at radius 3 is 2.27 bits per heavy atom. The monoisotopic (exact) mass is 591 g/mol. The lowest BCUT2D eigenvalue weighted by molar-refractivity contribution is -0.145. The number of carbonyl (C=O) groups excluding carboxylic acids is 1. The minimum atomic E-state index is -3.89. The Morgan fingerprint density at radius 2 is 1.70 bits per heavy atom. The largest absolute Gasteiger partial charge is 0.481 e. The molecule has 2 heterocycles. The van der Waals surface area contributed by atoms with E-state index in [0.29, 0.717) is 41.6 Å². The third-order valence-corrected chi connectivity index (χ3v) is 10.2. The zero-order valence-corrected chi connectivity index (χ0v) is 25.8. The van der Waals surface area contributed by atoms with Crippen LogP contribution in [0.2, 0.25) is 0 Å². The summed E-state index contributed by atoms with van der Waals surface area (Å²) in [4.78, 5) is 39.0. The van der Waals surface area contributed by atoms with E-state index in [2.05, 4.69) is 15.0 Å². The fraction of sp³-hybridized carbons (Fsp3) is 0.679. The number of rotatable bonds is 8. The van der Waals surface area contributed by atoms with Gasteiger partial charge in [-0.05, 0) is 46.0 Å². The number of carboxylic acids is 1. The maximum atomic E-state index is 13.3. The van der Waals surface area contributed by atoms with Crippen LogP contribution < -0.4 is 10.0 Å². The number of aromatic nitrogens is 3. The van der Waals surface area contributed by atoms with E-state index in [1.54, 1.807) is 20.8 Å². The van der Waals surface area contributed by atoms with Gasteiger partial charge in [-0.1, -0.05) is 52.9 Å². The van der Waals surface area contributed by atoms with Gasteiger partial charge in [0, 0.05) is 17.0 Å². The summed E-state index contributed by atoms with van der Waals surface area (Å²) in [5, 5.41) is 12.4. The maximum Gasteiger partial charge on any atom is 0.306 e. The first-order valence-electron chi connectivity index (χ1n) is 14.0. The Balaban J connectivity index is 1.71. The van der Waals surface area contributed by atoms with E-state index in [4.69, 9.17) is 15.1 Å². The number of nitrogens with zero attached hydrogens (tertiary/aromatic N) is 3. The summed E-state index contributed by atoms with van der Waals surface area (Å²) < 4.78 is 29.3. The third kappa shape index (κ3) is 7.25. The van der Waals surface area contributed by atoms with Crippen LogP contribution in [0.3, 0.4) is 0 Å². The molecule has 0 spiro atoms. The van der Waals surface area contributed by atoms with Crippen molar-refractivity contribution in [2.24, 2.45) is 11.8 Å². The average Bonchev–Trinajstić information content (AvgIpc) is 3.22. The Hall–Kier alpha value is -2.44. The quantitative estimate of drug-likeness (QED) is 0.400. The fourth-order valence-electron chi connectivity index (χ4n) is 5.28. The number of nitrogens with one attached hydrogen (secondary N) is 2. The number of carboxylic acid groups (broad SMARTS) is 1. The van der Waals surface area contributed by atoms with E-state index in [9.17, 15) is 18.0 Å². The van der Waals surface area contributed by atoms with Gasteiger partial charge in [-0.3, -0.25) is 9.59 Å². The summed E-state index contributed by atoms with van der Waals surface area (Å²) in [7, 11) is -3.89. The predicted octanol–water partition coefficient (Wildman–Crippen LogP) is 4.69. The summed E-state index contributed by atoms with van der Waals surface area (Å²) in [5.41, 5.74) is -0.127. The summed E-state index contributed by atoms with van der Waals surface area (Å²) in [6.07, 6.45) is 8.63. The molecular weight excluding hydrogens is 550 g/mol. The number of thiazole rings is 1. The molecule has 10 nitrogen and oxygen atoms in total. The molecule has 4 rings (SSSR count). The van der Waals surface area contributed by atoms with Crippen molar-refractivity contribution in [3.05, 3.63) is 22.6 Å². The molecule has 2 aromatic heterocycles. The molecule has 0 radical (unpaired) electrons. The summed E-state index contributed by atoms with van der Waals surface area (Å²) in [6, 6.07) is -0.189. The number of aliphatic carboxylic acids is 1. The molecule has 0 atom stereocenters. The van der Waals surface area contributed by atoms with E-state index < -0.39 is 32.9 Å². The van der Waals surface area contributed by atoms with Gasteiger partial charge in [0.05, 0.1) is 28.4 Å². The number of carbonyl (C=O) groups is 2. The molecule has 1 amide bonds. The molecule has 0 bridgehead atoms. The van der Waals surface area contributed by atoms with Gasteiger partial charge in [-0.2, -0.15) is 0 Å². The number of hydrogen-bond donors (Lipinski definition) is 3. The highest BCUT2D eigenvalue weighted by Gasteiger charge is 2.36. The van der Waals surface area contributed by atoms with Crippen molar-refractivity contribution in [1.82, 2.24) is 25.0 Å². The van der Waals surface area contributed by atoms with Crippen LogP contribution in [0.25, 0.3) is 10.7 Å². The van der Waals surface area contributed by atoms with Crippen molar-refractivity contribution in [2.75, 3.05) is 0 Å². The molecule has 2 aliphatic carbocycles. The standard InChI is InChI=1S/C28H41N5O5S2/c1-27(2,3)22-20(40(37,38)33-28(4,5)6)15-29-23(32-22)21-19(12-16-10-8-7-9-11-16)31-25(39-21)24(34)30-18-13-17(14-18)26(35)36/h15-18,33H,7-14H2,1-6H3,(H,30,34)(H,35,36)/t17-,18-. The molecule has 0 aliphatic heterocycles. The van der Waals surface area contributed by atoms with Gasteiger partial charge < -0.3 is 10.4 Å². The third-order valence-electron chi connectivity index (χ3n) is 7.32. The number of amides is 1. The van der Waals surface area contributed by atoms with Crippen LogP contribution in [0.15, 0.2) is 11.1 Å². The highest BCUT2D eigenvalue weighted by molar-refractivity contribution is 7.89. The van der Waals surface area contributed by atoms with Crippen molar-refractivity contribution in [1.29, 1.82) is 0 Å². The van der Waals surface area contributed by atoms with Crippen molar-refractivity contribution in [3.8, 4) is 10.7 Å². The molecule has 2 saturated carbocycles. The Labute approximate surface area is 240 Å². The van der Waals surface area contributed by atoms with Gasteiger partial charge in [0.1, 0.15) is 4.90 Å². The average molecular weight is 592 g/mol. The Kier molecular flexibility index (Phi) is 8.73. The first-order chi connectivity index (χ1) is 18.5. The maximum absolute atomic E-state index is 13.3. The van der Waals surface area contributed by atoms with Crippen LogP contribution in [0.4, 0.5) is 0 Å². The van der Waals surface area contributed by atoms with E-state index in [0.717, 1.165) is 18.5 Å². The van der Waals surface area contributed by atoms with E-state index in [-0.39, 0.29) is 21.9 Å². The van der Waals surface area contributed by atoms with Gasteiger partial charge >= 0.3 is 5.97 Å². The van der Waals surface area contributed by atoms with Crippen LogP contribution in [-0.4, -0.2) is 51.9 Å². The molecule has 0 saturated heterocycles. The van der Waals surface area contributed by atoms with Gasteiger partial charge in [0.15, 0.2) is 10.8 Å². The molecule has 40 heavy (non-hydrogen) atoms. The van der Waals surface area contributed by atoms with E-state index in [1.165, 1.54) is 36.8 Å². The van der Waals surface area contributed by atoms with Crippen molar-refractivity contribution in [2.45, 2.75) is 115 Å². The Bertz CT molecular complexity index is 1360. The zero-order chi connectivity index (χ0) is 29.5. The first-order valence-corrected chi connectivity index (χ1v) is 16.3. The van der Waals surface area contributed by atoms with Crippen LogP contribution in [0.5, 0.6) is 0 Å². The minimum absolute atomic E-state index is 0.0351. The van der Waals surface area contributed by atoms with Crippen molar-refractivity contribution >= 4 is 33.2 Å². The molecular formula is C28H41N5O5S2. The van der Waals surface area contributed by atoms with E-state index in [1.807, 2.05) is 20.8 Å². The van der Waals surface area contributed by atoms with Gasteiger partial charge in [0.25, 0.3) is 5.91 Å². The molecule has 3 N–H and O–H groups in total. The summed E-state index contributed by atoms with van der Waals surface area (Å²) in [6.45, 7) is 11.1. The van der Waals surface area contributed by atoms with Gasteiger partial charge in [-0.25, -0.2) is 28.1 Å². The van der Waals surface area contributed by atoms with Crippen LogP contribution in [0, 0.1) is 11.8 Å². The highest BCUT2D eigenvalue weighted by Crippen LogP contribution is 2.36. The van der Waals surface area contributed by atoms with Crippen LogP contribution >= 0.6 is 11.3 Å². The normalized spacial score (nSPS) is 20.6. The molecule has 2 aliphatic rings. The van der Waals surface area contributed by atoms with Gasteiger partial charge in [-0.15, -0.1) is 11.3 Å². The second-order valence-electron chi connectivity index (χ2n) is 13.2. The SMILES string of the molecule is CC(C)(C)NS(=O)(=O)c1cnc(-c2sc(C(=O)N[C@H]3C[C@H](C(=O)O)C3)nc2CC2CCCCC2)nc1C(C)(C)C. The second kappa shape index (κ2) is 11.4. The highest BCUT2D eigenvalue weighted by atomic mass is 32.2. The van der Waals surface area contributed by atoms with Crippen molar-refractivity contribution < 1.29 is 23.1 Å². The smallest absolute Gasteiger partial charge is 0.306 e. The van der Waals surface area contributed by atoms with Gasteiger partial charge in [0.2, 0.25) is 10.0 Å². The number of hydrogen-bond acceptors (Lipinski definition) is 8.